The molecule has 1 atom stereocenters. The molecule has 1 saturated heterocycles. The van der Waals surface area contributed by atoms with Gasteiger partial charge in [-0.2, -0.15) is 0 Å². The van der Waals surface area contributed by atoms with E-state index in [0.29, 0.717) is 26.1 Å². The number of hydrogen-bond donors (Lipinski definition) is 1. The fourth-order valence-corrected chi connectivity index (χ4v) is 4.97. The zero-order valence-electron chi connectivity index (χ0n) is 11.4. The van der Waals surface area contributed by atoms with E-state index in [2.05, 4.69) is 23.8 Å². The third-order valence-corrected chi connectivity index (χ3v) is 6.38. The number of nitrogens with one attached hydrogen (secondary N) is 1. The first-order chi connectivity index (χ1) is 8.97. The summed E-state index contributed by atoms with van der Waals surface area (Å²) in [5.41, 5.74) is 0. The third kappa shape index (κ3) is 4.27. The first-order valence-corrected chi connectivity index (χ1v) is 8.98. The Morgan fingerprint density at radius 1 is 1.42 bits per heavy atom. The average molecular weight is 303 g/mol. The van der Waals surface area contributed by atoms with E-state index < -0.39 is 10.0 Å². The SMILES string of the molecule is Cc1ccc(C[C@H](C)NS(=O)(=O)C2CCOCC2)s1. The summed E-state index contributed by atoms with van der Waals surface area (Å²) in [5.74, 6) is 0. The minimum atomic E-state index is -3.22. The van der Waals surface area contributed by atoms with Gasteiger partial charge in [-0.25, -0.2) is 13.1 Å². The molecular formula is C13H21NO3S2. The van der Waals surface area contributed by atoms with Crippen molar-refractivity contribution in [2.75, 3.05) is 13.2 Å². The zero-order valence-corrected chi connectivity index (χ0v) is 13.0. The minimum absolute atomic E-state index is 0.0640. The first-order valence-electron chi connectivity index (χ1n) is 6.61. The highest BCUT2D eigenvalue weighted by Crippen LogP contribution is 2.19. The Bertz CT molecular complexity index is 504. The van der Waals surface area contributed by atoms with Gasteiger partial charge in [0.2, 0.25) is 10.0 Å². The van der Waals surface area contributed by atoms with Crippen LogP contribution in [-0.4, -0.2) is 32.9 Å². The van der Waals surface area contributed by atoms with Crippen molar-refractivity contribution in [2.24, 2.45) is 0 Å². The molecule has 0 aliphatic carbocycles. The Kier molecular flexibility index (Phi) is 5.00. The number of rotatable bonds is 5. The molecular weight excluding hydrogens is 282 g/mol. The predicted octanol–water partition coefficient (Wildman–Crippen LogP) is 2.09. The molecule has 0 bridgehead atoms. The lowest BCUT2D eigenvalue weighted by Gasteiger charge is -2.24. The van der Waals surface area contributed by atoms with E-state index >= 15 is 0 Å². The predicted molar refractivity (Wildman–Crippen MR) is 78.1 cm³/mol. The van der Waals surface area contributed by atoms with E-state index in [4.69, 9.17) is 4.74 Å². The summed E-state index contributed by atoms with van der Waals surface area (Å²) in [6.07, 6.45) is 1.95. The topological polar surface area (TPSA) is 55.4 Å². The Balaban J connectivity index is 1.91. The molecule has 108 valence electrons. The maximum Gasteiger partial charge on any atom is 0.214 e. The van der Waals surface area contributed by atoms with Crippen LogP contribution in [0, 0.1) is 6.92 Å². The van der Waals surface area contributed by atoms with Crippen molar-refractivity contribution in [1.29, 1.82) is 0 Å². The van der Waals surface area contributed by atoms with Crippen LogP contribution in [-0.2, 0) is 21.2 Å². The maximum atomic E-state index is 12.2. The summed E-state index contributed by atoms with van der Waals surface area (Å²) in [7, 11) is -3.22. The quantitative estimate of drug-likeness (QED) is 0.906. The molecule has 0 unspecified atom stereocenters. The van der Waals surface area contributed by atoms with Crippen molar-refractivity contribution in [1.82, 2.24) is 4.72 Å². The van der Waals surface area contributed by atoms with Gasteiger partial charge in [-0.3, -0.25) is 0 Å². The van der Waals surface area contributed by atoms with Gasteiger partial charge >= 0.3 is 0 Å². The molecule has 1 aromatic heterocycles. The van der Waals surface area contributed by atoms with Crippen molar-refractivity contribution < 1.29 is 13.2 Å². The number of aryl methyl sites for hydroxylation is 1. The molecule has 1 aliphatic rings. The number of sulfonamides is 1. The first kappa shape index (κ1) is 15.0. The smallest absolute Gasteiger partial charge is 0.214 e. The molecule has 1 aliphatic heterocycles. The Morgan fingerprint density at radius 2 is 2.11 bits per heavy atom. The Labute approximate surface area is 119 Å². The normalized spacial score (nSPS) is 19.5. The monoisotopic (exact) mass is 303 g/mol. The van der Waals surface area contributed by atoms with Gasteiger partial charge in [0.1, 0.15) is 0 Å². The van der Waals surface area contributed by atoms with Crippen LogP contribution in [0.2, 0.25) is 0 Å². The van der Waals surface area contributed by atoms with Gasteiger partial charge < -0.3 is 4.74 Å². The van der Waals surface area contributed by atoms with Crippen LogP contribution in [0.4, 0.5) is 0 Å². The van der Waals surface area contributed by atoms with E-state index in [1.54, 1.807) is 11.3 Å². The van der Waals surface area contributed by atoms with Crippen LogP contribution in [0.3, 0.4) is 0 Å². The van der Waals surface area contributed by atoms with Crippen LogP contribution in [0.1, 0.15) is 29.5 Å². The molecule has 0 spiro atoms. The number of ether oxygens (including phenoxy) is 1. The lowest BCUT2D eigenvalue weighted by molar-refractivity contribution is 0.0981. The molecule has 0 aromatic carbocycles. The zero-order chi connectivity index (χ0) is 13.9. The fourth-order valence-electron chi connectivity index (χ4n) is 2.30. The molecule has 1 aromatic rings. The van der Waals surface area contributed by atoms with Gasteiger partial charge in [-0.05, 0) is 45.2 Å². The molecule has 0 saturated carbocycles. The van der Waals surface area contributed by atoms with E-state index in [1.807, 2.05) is 6.92 Å². The van der Waals surface area contributed by atoms with Crippen LogP contribution in [0.15, 0.2) is 12.1 Å². The van der Waals surface area contributed by atoms with Gasteiger partial charge in [-0.15, -0.1) is 11.3 Å². The van der Waals surface area contributed by atoms with Crippen LogP contribution < -0.4 is 4.72 Å². The molecule has 2 rings (SSSR count). The van der Waals surface area contributed by atoms with Gasteiger partial charge in [0.05, 0.1) is 5.25 Å². The van der Waals surface area contributed by atoms with Crippen LogP contribution in [0.25, 0.3) is 0 Å². The second kappa shape index (κ2) is 6.35. The summed E-state index contributed by atoms with van der Waals surface area (Å²) in [5, 5.41) is -0.297. The van der Waals surface area contributed by atoms with Gasteiger partial charge in [0.25, 0.3) is 0 Å². The van der Waals surface area contributed by atoms with E-state index in [-0.39, 0.29) is 11.3 Å². The van der Waals surface area contributed by atoms with Gasteiger partial charge in [0.15, 0.2) is 0 Å². The molecule has 1 N–H and O–H groups in total. The van der Waals surface area contributed by atoms with E-state index in [1.165, 1.54) is 9.75 Å². The highest BCUT2D eigenvalue weighted by atomic mass is 32.2. The number of hydrogen-bond acceptors (Lipinski definition) is 4. The van der Waals surface area contributed by atoms with Crippen molar-refractivity contribution in [3.05, 3.63) is 21.9 Å². The molecule has 1 fully saturated rings. The molecule has 0 radical (unpaired) electrons. The van der Waals surface area contributed by atoms with Crippen molar-refractivity contribution in [3.63, 3.8) is 0 Å². The highest BCUT2D eigenvalue weighted by molar-refractivity contribution is 7.90. The lowest BCUT2D eigenvalue weighted by Crippen LogP contribution is -2.42. The van der Waals surface area contributed by atoms with Crippen LogP contribution in [0.5, 0.6) is 0 Å². The Hall–Kier alpha value is -0.430. The molecule has 6 heteroatoms. The second-order valence-corrected chi connectivity index (χ2v) is 8.46. The highest BCUT2D eigenvalue weighted by Gasteiger charge is 2.28. The number of thiophene rings is 1. The van der Waals surface area contributed by atoms with E-state index in [9.17, 15) is 8.42 Å². The third-order valence-electron chi connectivity index (χ3n) is 3.28. The lowest BCUT2D eigenvalue weighted by atomic mass is 10.2. The fraction of sp³-hybridized carbons (Fsp3) is 0.692. The molecule has 4 nitrogen and oxygen atoms in total. The summed E-state index contributed by atoms with van der Waals surface area (Å²) in [6.45, 7) is 5.07. The average Bonchev–Trinajstić information content (AvgIpc) is 2.75. The second-order valence-electron chi connectivity index (χ2n) is 5.09. The summed E-state index contributed by atoms with van der Waals surface area (Å²) in [4.78, 5) is 2.48. The van der Waals surface area contributed by atoms with Crippen molar-refractivity contribution in [2.45, 2.75) is 44.4 Å². The maximum absolute atomic E-state index is 12.2. The Morgan fingerprint density at radius 3 is 2.68 bits per heavy atom. The molecule has 2 heterocycles. The largest absolute Gasteiger partial charge is 0.381 e. The summed E-state index contributed by atoms with van der Waals surface area (Å²) >= 11 is 1.72. The minimum Gasteiger partial charge on any atom is -0.381 e. The summed E-state index contributed by atoms with van der Waals surface area (Å²) in [6, 6.07) is 4.07. The molecule has 19 heavy (non-hydrogen) atoms. The van der Waals surface area contributed by atoms with E-state index in [0.717, 1.165) is 6.42 Å². The summed E-state index contributed by atoms with van der Waals surface area (Å²) < 4.78 is 32.5. The van der Waals surface area contributed by atoms with Crippen LogP contribution >= 0.6 is 11.3 Å². The van der Waals surface area contributed by atoms with Crippen molar-refractivity contribution in [3.8, 4) is 0 Å². The van der Waals surface area contributed by atoms with Crippen molar-refractivity contribution >= 4 is 21.4 Å². The standard InChI is InChI=1S/C13H21NO3S2/c1-10(9-12-4-3-11(2)18-12)14-19(15,16)13-5-7-17-8-6-13/h3-4,10,13-14H,5-9H2,1-2H3/t10-/m0/s1. The van der Waals surface area contributed by atoms with Gasteiger partial charge in [0, 0.05) is 29.0 Å². The molecule has 0 amide bonds. The van der Waals surface area contributed by atoms with Gasteiger partial charge in [-0.1, -0.05) is 0 Å².